The van der Waals surface area contributed by atoms with E-state index in [1.807, 2.05) is 30.3 Å². The second-order valence-corrected chi connectivity index (χ2v) is 13.5. The van der Waals surface area contributed by atoms with Gasteiger partial charge >= 0.3 is 6.09 Å². The highest BCUT2D eigenvalue weighted by Crippen LogP contribution is 2.62. The highest BCUT2D eigenvalue weighted by molar-refractivity contribution is 6.11. The fraction of sp³-hybridized carbons (Fsp3) is 0.514. The monoisotopic (exact) mass is 599 g/mol. The van der Waals surface area contributed by atoms with Crippen molar-refractivity contribution in [3.05, 3.63) is 65.7 Å². The van der Waals surface area contributed by atoms with Crippen LogP contribution in [-0.2, 0) is 20.9 Å². The Balaban J connectivity index is 1.51. The van der Waals surface area contributed by atoms with Crippen molar-refractivity contribution in [3.63, 3.8) is 0 Å². The zero-order chi connectivity index (χ0) is 31.2. The molecule has 0 aromatic heterocycles. The van der Waals surface area contributed by atoms with Gasteiger partial charge in [0, 0.05) is 25.5 Å². The van der Waals surface area contributed by atoms with Gasteiger partial charge < -0.3 is 14.9 Å². The van der Waals surface area contributed by atoms with Crippen molar-refractivity contribution < 1.29 is 29.1 Å². The van der Waals surface area contributed by atoms with Crippen LogP contribution < -0.4 is 4.90 Å². The number of hydrogen-bond donors (Lipinski definition) is 1. The van der Waals surface area contributed by atoms with Crippen LogP contribution in [0, 0.1) is 23.2 Å². The van der Waals surface area contributed by atoms with E-state index in [0.29, 0.717) is 34.8 Å². The Labute approximate surface area is 258 Å². The minimum Gasteiger partial charge on any atom is -0.465 e. The molecular formula is C35H41N3O6. The molecule has 4 fully saturated rings. The maximum Gasteiger partial charge on any atom is 0.414 e. The Kier molecular flexibility index (Phi) is 8.07. The van der Waals surface area contributed by atoms with Crippen molar-refractivity contribution >= 4 is 35.3 Å². The number of para-hydroxylation sites is 1. The number of fused-ring (bicyclic) bond motifs is 1. The van der Waals surface area contributed by atoms with Gasteiger partial charge in [0.15, 0.2) is 5.78 Å². The average molecular weight is 600 g/mol. The lowest BCUT2D eigenvalue weighted by atomic mass is 9.48. The van der Waals surface area contributed by atoms with Gasteiger partial charge in [0.05, 0.1) is 12.2 Å². The lowest BCUT2D eigenvalue weighted by molar-refractivity contribution is -0.152. The number of imide groups is 1. The average Bonchev–Trinajstić information content (AvgIpc) is 3.01. The lowest BCUT2D eigenvalue weighted by Crippen LogP contribution is -2.61. The molecule has 9 heteroatoms. The number of amides is 4. The quantitative estimate of drug-likeness (QED) is 0.467. The van der Waals surface area contributed by atoms with E-state index >= 15 is 4.79 Å². The zero-order valence-corrected chi connectivity index (χ0v) is 25.5. The summed E-state index contributed by atoms with van der Waals surface area (Å²) in [6.07, 6.45) is 5.10. The molecular weight excluding hydrogens is 558 g/mol. The van der Waals surface area contributed by atoms with Crippen molar-refractivity contribution in [3.8, 4) is 0 Å². The van der Waals surface area contributed by atoms with E-state index in [9.17, 15) is 24.3 Å². The lowest BCUT2D eigenvalue weighted by Gasteiger charge is -2.58. The number of carbonyl (C=O) groups is 5. The topological polar surface area (TPSA) is 115 Å². The number of ketones is 1. The van der Waals surface area contributed by atoms with Gasteiger partial charge in [-0.2, -0.15) is 0 Å². The third-order valence-electron chi connectivity index (χ3n) is 10.5. The maximum atomic E-state index is 15.1. The largest absolute Gasteiger partial charge is 0.465 e. The van der Waals surface area contributed by atoms with E-state index in [-0.39, 0.29) is 30.0 Å². The normalized spacial score (nSPS) is 29.5. The second kappa shape index (κ2) is 11.8. The molecule has 0 radical (unpaired) electrons. The summed E-state index contributed by atoms with van der Waals surface area (Å²) >= 11 is 0. The fourth-order valence-corrected chi connectivity index (χ4v) is 9.24. The summed E-state index contributed by atoms with van der Waals surface area (Å²) in [5.74, 6) is -0.359. The van der Waals surface area contributed by atoms with Crippen LogP contribution in [0.1, 0.15) is 81.1 Å². The van der Waals surface area contributed by atoms with Crippen LogP contribution in [0.2, 0.25) is 0 Å². The Morgan fingerprint density at radius 3 is 2.07 bits per heavy atom. The number of nitrogens with zero attached hydrogens (tertiary/aromatic N) is 3. The van der Waals surface area contributed by atoms with Gasteiger partial charge in [0.2, 0.25) is 11.8 Å². The number of carbonyl (C=O) groups excluding carboxylic acids is 4. The molecule has 2 atom stereocenters. The van der Waals surface area contributed by atoms with E-state index in [0.717, 1.165) is 24.8 Å². The molecule has 1 heterocycles. The first-order valence-corrected chi connectivity index (χ1v) is 15.9. The van der Waals surface area contributed by atoms with Crippen molar-refractivity contribution in [2.75, 3.05) is 11.4 Å². The summed E-state index contributed by atoms with van der Waals surface area (Å²) in [5, 5.41) is 9.88. The van der Waals surface area contributed by atoms with E-state index in [1.54, 1.807) is 29.2 Å². The molecule has 1 N–H and O–H groups in total. The minimum absolute atomic E-state index is 0.144. The van der Waals surface area contributed by atoms with Crippen LogP contribution in [-0.4, -0.2) is 63.1 Å². The Morgan fingerprint density at radius 2 is 1.50 bits per heavy atom. The van der Waals surface area contributed by atoms with Crippen molar-refractivity contribution in [1.29, 1.82) is 0 Å². The molecule has 232 valence electrons. The highest BCUT2D eigenvalue weighted by Gasteiger charge is 2.54. The van der Waals surface area contributed by atoms with Gasteiger partial charge in [-0.3, -0.25) is 19.2 Å². The van der Waals surface area contributed by atoms with Crippen molar-refractivity contribution in [2.45, 2.75) is 83.8 Å². The second-order valence-electron chi connectivity index (χ2n) is 13.5. The first-order valence-electron chi connectivity index (χ1n) is 15.9. The fourth-order valence-electron chi connectivity index (χ4n) is 9.24. The Bertz CT molecular complexity index is 1440. The minimum atomic E-state index is -1.46. The number of hydrogen-bond acceptors (Lipinski definition) is 5. The number of likely N-dealkylation sites (N-methyl/N-ethyl adjacent to an activating group) is 1. The van der Waals surface area contributed by atoms with Gasteiger partial charge in [-0.05, 0) is 92.7 Å². The number of carboxylic acid groups (broad SMARTS) is 1. The Morgan fingerprint density at radius 1 is 0.909 bits per heavy atom. The molecule has 4 bridgehead atoms. The zero-order valence-electron chi connectivity index (χ0n) is 25.5. The standard InChI is InChI=1S/C35H41N3O6/c1-3-36(34(43)44)32(41)29-16-31(40)27-11-7-8-12-28(27)37(21-23-9-5-4-6-10-23)33(42)30(38(29)22(2)39)20-35-17-24-13-25(18-35)15-26(14-24)19-35/h4-12,24-26,29-30H,3,13-21H2,1-2H3,(H,43,44)/t24?,25?,26?,29-,30+,35?/m0/s1. The molecule has 2 aromatic carbocycles. The van der Waals surface area contributed by atoms with E-state index in [4.69, 9.17) is 0 Å². The molecule has 7 rings (SSSR count). The van der Waals surface area contributed by atoms with Crippen LogP contribution in [0.25, 0.3) is 0 Å². The molecule has 9 nitrogen and oxygen atoms in total. The maximum absolute atomic E-state index is 15.1. The van der Waals surface area contributed by atoms with E-state index in [1.165, 1.54) is 38.0 Å². The molecule has 0 saturated heterocycles. The van der Waals surface area contributed by atoms with Crippen molar-refractivity contribution in [1.82, 2.24) is 9.80 Å². The number of rotatable bonds is 6. The van der Waals surface area contributed by atoms with Gasteiger partial charge in [-0.25, -0.2) is 9.69 Å². The van der Waals surface area contributed by atoms with Crippen LogP contribution in [0.15, 0.2) is 54.6 Å². The molecule has 1 aliphatic heterocycles. The molecule has 2 aromatic rings. The van der Waals surface area contributed by atoms with Gasteiger partial charge in [0.25, 0.3) is 5.91 Å². The number of anilines is 1. The van der Waals surface area contributed by atoms with Gasteiger partial charge in [0.1, 0.15) is 12.1 Å². The predicted molar refractivity (Wildman–Crippen MR) is 164 cm³/mol. The SMILES string of the molecule is CCN(C(=O)O)C(=O)[C@@H]1CC(=O)c2ccccc2N(Cc2ccccc2)C(=O)[C@@H](CC23CC4CC(CC(C4)C2)C3)N1C(C)=O. The predicted octanol–water partition coefficient (Wildman–Crippen LogP) is 5.52. The summed E-state index contributed by atoms with van der Waals surface area (Å²) in [6.45, 7) is 2.89. The van der Waals surface area contributed by atoms with E-state index < -0.39 is 42.2 Å². The summed E-state index contributed by atoms with van der Waals surface area (Å²) in [4.78, 5) is 72.4. The molecule has 0 unspecified atom stereocenters. The molecule has 44 heavy (non-hydrogen) atoms. The summed E-state index contributed by atoms with van der Waals surface area (Å²) < 4.78 is 0. The van der Waals surface area contributed by atoms with Gasteiger partial charge in [-0.15, -0.1) is 0 Å². The van der Waals surface area contributed by atoms with Crippen LogP contribution in [0.5, 0.6) is 0 Å². The van der Waals surface area contributed by atoms with Crippen LogP contribution in [0.3, 0.4) is 0 Å². The first-order chi connectivity index (χ1) is 21.1. The molecule has 5 aliphatic rings. The number of benzene rings is 2. The first kappa shape index (κ1) is 30.0. The molecule has 4 saturated carbocycles. The van der Waals surface area contributed by atoms with Crippen LogP contribution >= 0.6 is 0 Å². The smallest absolute Gasteiger partial charge is 0.414 e. The third kappa shape index (κ3) is 5.53. The molecule has 0 spiro atoms. The number of Topliss-reactive ketones (excluding diaryl/α,β-unsaturated/α-hetero) is 1. The van der Waals surface area contributed by atoms with Crippen molar-refractivity contribution in [2.24, 2.45) is 23.2 Å². The van der Waals surface area contributed by atoms with E-state index in [2.05, 4.69) is 0 Å². The molecule has 4 amide bonds. The van der Waals surface area contributed by atoms with Crippen LogP contribution in [0.4, 0.5) is 10.5 Å². The Hall–Kier alpha value is -4.01. The highest BCUT2D eigenvalue weighted by atomic mass is 16.4. The van der Waals surface area contributed by atoms with Gasteiger partial charge in [-0.1, -0.05) is 42.5 Å². The molecule has 4 aliphatic carbocycles. The third-order valence-corrected chi connectivity index (χ3v) is 10.5. The summed E-state index contributed by atoms with van der Waals surface area (Å²) in [7, 11) is 0. The summed E-state index contributed by atoms with van der Waals surface area (Å²) in [6, 6.07) is 13.9. The summed E-state index contributed by atoms with van der Waals surface area (Å²) in [5.41, 5.74) is 1.42.